The molecule has 0 aromatic heterocycles. The van der Waals surface area contributed by atoms with Crippen LogP contribution in [0.3, 0.4) is 0 Å². The molecule has 1 fully saturated rings. The van der Waals surface area contributed by atoms with Gasteiger partial charge in [-0.25, -0.2) is 0 Å². The number of ether oxygens (including phenoxy) is 1. The number of hydrogen-bond donors (Lipinski definition) is 0. The van der Waals surface area contributed by atoms with Gasteiger partial charge in [-0.3, -0.25) is 9.69 Å². The number of hydrogen-bond acceptors (Lipinski definition) is 3. The van der Waals surface area contributed by atoms with Crippen LogP contribution in [0.2, 0.25) is 5.02 Å². The molecule has 0 atom stereocenters. The minimum Gasteiger partial charge on any atom is -0.482 e. The maximum absolute atomic E-state index is 13.1. The third-order valence-electron chi connectivity index (χ3n) is 6.57. The van der Waals surface area contributed by atoms with Crippen molar-refractivity contribution in [2.24, 2.45) is 0 Å². The van der Waals surface area contributed by atoms with Crippen LogP contribution < -0.4 is 4.74 Å². The summed E-state index contributed by atoms with van der Waals surface area (Å²) in [7, 11) is 0. The molecule has 0 unspecified atom stereocenters. The van der Waals surface area contributed by atoms with Crippen LogP contribution in [0.1, 0.15) is 5.56 Å². The Morgan fingerprint density at radius 1 is 0.694 bits per heavy atom. The lowest BCUT2D eigenvalue weighted by Crippen LogP contribution is -2.49. The molecule has 0 aliphatic carbocycles. The Balaban J connectivity index is 1.27. The second kappa shape index (κ2) is 11.4. The van der Waals surface area contributed by atoms with Gasteiger partial charge in [0.05, 0.1) is 0 Å². The number of para-hydroxylation sites is 1. The van der Waals surface area contributed by atoms with E-state index >= 15 is 0 Å². The van der Waals surface area contributed by atoms with Crippen LogP contribution in [0.15, 0.2) is 103 Å². The standard InChI is InChI=1S/C31H29ClN2O2/c32-27-16-14-24(15-17-27)22-33-18-20-34(21-19-33)30(35)23-36-31-28(25-8-3-1-4-9-25)12-7-13-29(31)26-10-5-2-6-11-26/h1-17H,18-23H2. The first kappa shape index (κ1) is 24.1. The number of halogens is 1. The van der Waals surface area contributed by atoms with Crippen LogP contribution in [-0.2, 0) is 11.3 Å². The highest BCUT2D eigenvalue weighted by Crippen LogP contribution is 2.39. The zero-order valence-corrected chi connectivity index (χ0v) is 20.9. The smallest absolute Gasteiger partial charge is 0.260 e. The van der Waals surface area contributed by atoms with Crippen molar-refractivity contribution in [3.8, 4) is 28.0 Å². The summed E-state index contributed by atoms with van der Waals surface area (Å²) in [6.07, 6.45) is 0. The van der Waals surface area contributed by atoms with Crippen LogP contribution >= 0.6 is 11.6 Å². The third-order valence-corrected chi connectivity index (χ3v) is 6.82. The van der Waals surface area contributed by atoms with E-state index in [0.29, 0.717) is 13.1 Å². The van der Waals surface area contributed by atoms with E-state index in [1.807, 2.05) is 59.5 Å². The number of benzene rings is 4. The summed E-state index contributed by atoms with van der Waals surface area (Å²) in [6.45, 7) is 3.94. The fourth-order valence-electron chi connectivity index (χ4n) is 4.61. The Morgan fingerprint density at radius 3 is 1.81 bits per heavy atom. The topological polar surface area (TPSA) is 32.8 Å². The van der Waals surface area contributed by atoms with Gasteiger partial charge >= 0.3 is 0 Å². The second-order valence-corrected chi connectivity index (χ2v) is 9.42. The van der Waals surface area contributed by atoms with Crippen molar-refractivity contribution < 1.29 is 9.53 Å². The molecule has 182 valence electrons. The van der Waals surface area contributed by atoms with Gasteiger partial charge in [-0.2, -0.15) is 0 Å². The van der Waals surface area contributed by atoms with Gasteiger partial charge < -0.3 is 9.64 Å². The highest BCUT2D eigenvalue weighted by Gasteiger charge is 2.22. The average Bonchev–Trinajstić information content (AvgIpc) is 2.94. The molecule has 0 spiro atoms. The molecule has 1 amide bonds. The molecule has 1 heterocycles. The van der Waals surface area contributed by atoms with E-state index in [1.165, 1.54) is 5.56 Å². The fourth-order valence-corrected chi connectivity index (χ4v) is 4.74. The summed E-state index contributed by atoms with van der Waals surface area (Å²) in [5.41, 5.74) is 5.32. The largest absolute Gasteiger partial charge is 0.482 e. The number of piperazine rings is 1. The molecule has 5 heteroatoms. The molecule has 1 aliphatic heterocycles. The van der Waals surface area contributed by atoms with Crippen molar-refractivity contribution >= 4 is 17.5 Å². The van der Waals surface area contributed by atoms with E-state index in [0.717, 1.165) is 52.7 Å². The van der Waals surface area contributed by atoms with E-state index in [1.54, 1.807) is 0 Å². The van der Waals surface area contributed by atoms with Gasteiger partial charge in [0.25, 0.3) is 5.91 Å². The Morgan fingerprint density at radius 2 is 1.25 bits per heavy atom. The van der Waals surface area contributed by atoms with Crippen molar-refractivity contribution in [1.82, 2.24) is 9.80 Å². The van der Waals surface area contributed by atoms with Crippen LogP contribution in [0, 0.1) is 0 Å². The summed E-state index contributed by atoms with van der Waals surface area (Å²) in [6, 6.07) is 34.4. The maximum Gasteiger partial charge on any atom is 0.260 e. The Labute approximate surface area is 217 Å². The van der Waals surface area contributed by atoms with Crippen molar-refractivity contribution in [3.63, 3.8) is 0 Å². The Hall–Kier alpha value is -3.60. The van der Waals surface area contributed by atoms with Crippen molar-refractivity contribution in [2.45, 2.75) is 6.54 Å². The summed E-state index contributed by atoms with van der Waals surface area (Å²) in [5, 5.41) is 0.749. The monoisotopic (exact) mass is 496 g/mol. The molecule has 0 radical (unpaired) electrons. The van der Waals surface area contributed by atoms with E-state index < -0.39 is 0 Å². The molecule has 1 saturated heterocycles. The molecule has 0 N–H and O–H groups in total. The van der Waals surface area contributed by atoms with Gasteiger partial charge in [-0.1, -0.05) is 103 Å². The molecule has 4 aromatic rings. The van der Waals surface area contributed by atoms with Crippen molar-refractivity contribution in [2.75, 3.05) is 32.8 Å². The van der Waals surface area contributed by atoms with Crippen LogP contribution in [0.5, 0.6) is 5.75 Å². The van der Waals surface area contributed by atoms with E-state index in [9.17, 15) is 4.79 Å². The lowest BCUT2D eigenvalue weighted by molar-refractivity contribution is -0.135. The first-order valence-corrected chi connectivity index (χ1v) is 12.7. The van der Waals surface area contributed by atoms with Crippen molar-refractivity contribution in [3.05, 3.63) is 114 Å². The summed E-state index contributed by atoms with van der Waals surface area (Å²) in [4.78, 5) is 17.4. The lowest BCUT2D eigenvalue weighted by Gasteiger charge is -2.34. The zero-order valence-electron chi connectivity index (χ0n) is 20.1. The summed E-state index contributed by atoms with van der Waals surface area (Å²) >= 11 is 6.00. The quantitative estimate of drug-likeness (QED) is 0.297. The van der Waals surface area contributed by atoms with E-state index in [2.05, 4.69) is 53.4 Å². The van der Waals surface area contributed by atoms with Gasteiger partial charge in [0, 0.05) is 48.9 Å². The molecule has 1 aliphatic rings. The molecule has 5 rings (SSSR count). The molecule has 0 bridgehead atoms. The third kappa shape index (κ3) is 5.78. The fraction of sp³-hybridized carbons (Fsp3) is 0.194. The van der Waals surface area contributed by atoms with Gasteiger partial charge in [-0.05, 0) is 28.8 Å². The zero-order chi connectivity index (χ0) is 24.7. The molecule has 36 heavy (non-hydrogen) atoms. The predicted octanol–water partition coefficient (Wildman–Crippen LogP) is 6.40. The maximum atomic E-state index is 13.1. The molecule has 0 saturated carbocycles. The number of nitrogens with zero attached hydrogens (tertiary/aromatic N) is 2. The molecule has 4 aromatic carbocycles. The first-order valence-electron chi connectivity index (χ1n) is 12.3. The molecular weight excluding hydrogens is 468 g/mol. The highest BCUT2D eigenvalue weighted by atomic mass is 35.5. The SMILES string of the molecule is O=C(COc1c(-c2ccccc2)cccc1-c1ccccc1)N1CCN(Cc2ccc(Cl)cc2)CC1. The van der Waals surface area contributed by atoms with Crippen LogP contribution in [-0.4, -0.2) is 48.5 Å². The second-order valence-electron chi connectivity index (χ2n) is 8.99. The van der Waals surface area contributed by atoms with Crippen LogP contribution in [0.25, 0.3) is 22.3 Å². The number of amides is 1. The summed E-state index contributed by atoms with van der Waals surface area (Å²) in [5.74, 6) is 0.757. The average molecular weight is 497 g/mol. The molecular formula is C31H29ClN2O2. The predicted molar refractivity (Wildman–Crippen MR) is 146 cm³/mol. The van der Waals surface area contributed by atoms with E-state index in [-0.39, 0.29) is 12.5 Å². The number of carbonyl (C=O) groups is 1. The highest BCUT2D eigenvalue weighted by molar-refractivity contribution is 6.30. The first-order chi connectivity index (χ1) is 17.7. The van der Waals surface area contributed by atoms with Gasteiger partial charge in [0.15, 0.2) is 6.61 Å². The minimum absolute atomic E-state index is 0.0147. The normalized spacial score (nSPS) is 14.0. The lowest BCUT2D eigenvalue weighted by atomic mass is 9.97. The number of carbonyl (C=O) groups excluding carboxylic acids is 1. The van der Waals surface area contributed by atoms with Crippen LogP contribution in [0.4, 0.5) is 0 Å². The Kier molecular flexibility index (Phi) is 7.65. The van der Waals surface area contributed by atoms with Gasteiger partial charge in [0.1, 0.15) is 5.75 Å². The minimum atomic E-state index is 0.0147. The summed E-state index contributed by atoms with van der Waals surface area (Å²) < 4.78 is 6.31. The van der Waals surface area contributed by atoms with Gasteiger partial charge in [-0.15, -0.1) is 0 Å². The number of rotatable bonds is 7. The van der Waals surface area contributed by atoms with E-state index in [4.69, 9.17) is 16.3 Å². The van der Waals surface area contributed by atoms with Gasteiger partial charge in [0.2, 0.25) is 0 Å². The molecule has 4 nitrogen and oxygen atoms in total. The Bertz CT molecular complexity index is 1230. The van der Waals surface area contributed by atoms with Crippen molar-refractivity contribution in [1.29, 1.82) is 0 Å².